The summed E-state index contributed by atoms with van der Waals surface area (Å²) in [6.45, 7) is 5.58. The lowest BCUT2D eigenvalue weighted by molar-refractivity contribution is -0.139. The molecule has 0 radical (unpaired) electrons. The van der Waals surface area contributed by atoms with E-state index in [2.05, 4.69) is 12.2 Å². The number of benzene rings is 1. The molecule has 5 nitrogen and oxygen atoms in total. The Balaban J connectivity index is 0.00000243. The average molecular weight is 421 g/mol. The second-order valence-corrected chi connectivity index (χ2v) is 7.62. The molecule has 0 aliphatic carbocycles. The Morgan fingerprint density at radius 1 is 1.19 bits per heavy atom. The van der Waals surface area contributed by atoms with Crippen LogP contribution in [0.4, 0.5) is 0 Å². The smallest absolute Gasteiger partial charge is 0.253 e. The van der Waals surface area contributed by atoms with Crippen LogP contribution in [-0.4, -0.2) is 60.4 Å². The Morgan fingerprint density at radius 2 is 1.96 bits per heavy atom. The first-order valence-corrected chi connectivity index (χ1v) is 9.48. The predicted molar refractivity (Wildman–Crippen MR) is 106 cm³/mol. The number of nitrogens with zero attached hydrogens (tertiary/aromatic N) is 2. The number of rotatable bonds is 2. The van der Waals surface area contributed by atoms with Crippen molar-refractivity contribution in [2.45, 2.75) is 25.8 Å². The topological polar surface area (TPSA) is 52.7 Å². The monoisotopic (exact) mass is 419 g/mol. The average Bonchev–Trinajstić information content (AvgIpc) is 2.63. The number of carbonyl (C=O) groups excluding carboxylic acids is 2. The van der Waals surface area contributed by atoms with Crippen molar-refractivity contribution in [3.8, 4) is 0 Å². The van der Waals surface area contributed by atoms with Gasteiger partial charge in [-0.3, -0.25) is 9.59 Å². The van der Waals surface area contributed by atoms with E-state index in [-0.39, 0.29) is 36.2 Å². The number of amides is 2. The van der Waals surface area contributed by atoms with Crippen molar-refractivity contribution in [3.05, 3.63) is 33.8 Å². The molecule has 1 aromatic rings. The maximum atomic E-state index is 12.9. The van der Waals surface area contributed by atoms with Gasteiger partial charge in [0.2, 0.25) is 5.91 Å². The number of carbonyl (C=O) groups is 2. The van der Waals surface area contributed by atoms with Gasteiger partial charge in [0.15, 0.2) is 0 Å². The highest BCUT2D eigenvalue weighted by Gasteiger charge is 2.34. The molecule has 26 heavy (non-hydrogen) atoms. The van der Waals surface area contributed by atoms with E-state index >= 15 is 0 Å². The minimum Gasteiger partial charge on any atom is -0.338 e. The van der Waals surface area contributed by atoms with E-state index in [0.717, 1.165) is 32.5 Å². The highest BCUT2D eigenvalue weighted by molar-refractivity contribution is 6.42. The van der Waals surface area contributed by atoms with Crippen LogP contribution < -0.4 is 5.32 Å². The summed E-state index contributed by atoms with van der Waals surface area (Å²) in [5.74, 6) is -0.0499. The van der Waals surface area contributed by atoms with Gasteiger partial charge < -0.3 is 15.1 Å². The molecule has 8 heteroatoms. The quantitative estimate of drug-likeness (QED) is 0.800. The molecular weight excluding hydrogens is 397 g/mol. The Labute approximate surface area is 170 Å². The molecule has 2 atom stereocenters. The minimum atomic E-state index is -0.124. The fourth-order valence-corrected chi connectivity index (χ4v) is 3.88. The zero-order valence-electron chi connectivity index (χ0n) is 14.7. The number of piperazine rings is 1. The summed E-state index contributed by atoms with van der Waals surface area (Å²) in [5.41, 5.74) is 0.512. The summed E-state index contributed by atoms with van der Waals surface area (Å²) in [7, 11) is 0. The molecule has 144 valence electrons. The van der Waals surface area contributed by atoms with Gasteiger partial charge in [0.1, 0.15) is 0 Å². The third kappa shape index (κ3) is 4.63. The molecule has 2 amide bonds. The molecule has 1 aromatic carbocycles. The van der Waals surface area contributed by atoms with Crippen molar-refractivity contribution in [2.24, 2.45) is 5.92 Å². The molecule has 0 aromatic heterocycles. The molecule has 2 aliphatic rings. The fraction of sp³-hybridized carbons (Fsp3) is 0.556. The van der Waals surface area contributed by atoms with Gasteiger partial charge in [-0.25, -0.2) is 0 Å². The third-order valence-electron chi connectivity index (χ3n) is 5.01. The van der Waals surface area contributed by atoms with Crippen LogP contribution in [-0.2, 0) is 4.79 Å². The number of hydrogen-bond donors (Lipinski definition) is 1. The van der Waals surface area contributed by atoms with Gasteiger partial charge in [0, 0.05) is 44.3 Å². The number of hydrogen-bond acceptors (Lipinski definition) is 3. The molecule has 3 rings (SSSR count). The largest absolute Gasteiger partial charge is 0.338 e. The molecule has 2 aliphatic heterocycles. The molecule has 1 N–H and O–H groups in total. The lowest BCUT2D eigenvalue weighted by Crippen LogP contribution is -2.55. The lowest BCUT2D eigenvalue weighted by Gasteiger charge is -2.39. The number of halogens is 3. The van der Waals surface area contributed by atoms with Gasteiger partial charge in [0.25, 0.3) is 5.91 Å². The molecule has 0 spiro atoms. The number of likely N-dealkylation sites (tertiary alicyclic amines) is 1. The number of nitrogens with one attached hydrogen (secondary N) is 1. The van der Waals surface area contributed by atoms with Gasteiger partial charge in [-0.2, -0.15) is 0 Å². The van der Waals surface area contributed by atoms with Crippen molar-refractivity contribution >= 4 is 47.4 Å². The van der Waals surface area contributed by atoms with Crippen molar-refractivity contribution < 1.29 is 9.59 Å². The highest BCUT2D eigenvalue weighted by Crippen LogP contribution is 2.26. The van der Waals surface area contributed by atoms with Crippen molar-refractivity contribution in [3.63, 3.8) is 0 Å². The van der Waals surface area contributed by atoms with Gasteiger partial charge in [-0.15, -0.1) is 12.4 Å². The van der Waals surface area contributed by atoms with E-state index in [1.54, 1.807) is 23.1 Å². The van der Waals surface area contributed by atoms with Gasteiger partial charge >= 0.3 is 0 Å². The predicted octanol–water partition coefficient (Wildman–Crippen LogP) is 3.09. The summed E-state index contributed by atoms with van der Waals surface area (Å²) in [6.07, 6.45) is 1.67. The fourth-order valence-electron chi connectivity index (χ4n) is 3.58. The maximum absolute atomic E-state index is 12.9. The van der Waals surface area contributed by atoms with E-state index in [9.17, 15) is 9.59 Å². The van der Waals surface area contributed by atoms with Gasteiger partial charge in [-0.05, 0) is 38.0 Å². The van der Waals surface area contributed by atoms with E-state index in [1.165, 1.54) is 0 Å². The molecule has 0 saturated carbocycles. The van der Waals surface area contributed by atoms with E-state index < -0.39 is 0 Å². The summed E-state index contributed by atoms with van der Waals surface area (Å²) in [4.78, 5) is 29.4. The van der Waals surface area contributed by atoms with Crippen LogP contribution >= 0.6 is 35.6 Å². The zero-order chi connectivity index (χ0) is 18.0. The molecular formula is C18H24Cl3N3O2. The molecule has 2 heterocycles. The van der Waals surface area contributed by atoms with E-state index in [0.29, 0.717) is 28.7 Å². The van der Waals surface area contributed by atoms with Crippen LogP contribution in [0.15, 0.2) is 18.2 Å². The maximum Gasteiger partial charge on any atom is 0.253 e. The third-order valence-corrected chi connectivity index (χ3v) is 5.75. The summed E-state index contributed by atoms with van der Waals surface area (Å²) in [6, 6.07) is 5.10. The summed E-state index contributed by atoms with van der Waals surface area (Å²) >= 11 is 11.9. The minimum absolute atomic E-state index is 0. The summed E-state index contributed by atoms with van der Waals surface area (Å²) in [5, 5.41) is 4.09. The Hall–Kier alpha value is -1.01. The van der Waals surface area contributed by atoms with Gasteiger partial charge in [-0.1, -0.05) is 23.2 Å². The second kappa shape index (κ2) is 9.27. The van der Waals surface area contributed by atoms with Crippen molar-refractivity contribution in [2.75, 3.05) is 32.7 Å². The molecule has 2 saturated heterocycles. The summed E-state index contributed by atoms with van der Waals surface area (Å²) < 4.78 is 0. The first-order chi connectivity index (χ1) is 12.0. The molecule has 2 fully saturated rings. The van der Waals surface area contributed by atoms with Crippen LogP contribution in [0.1, 0.15) is 30.1 Å². The van der Waals surface area contributed by atoms with Crippen LogP contribution in [0.25, 0.3) is 0 Å². The normalized spacial score (nSPS) is 23.3. The Bertz CT molecular complexity index is 671. The second-order valence-electron chi connectivity index (χ2n) is 6.80. The van der Waals surface area contributed by atoms with Crippen molar-refractivity contribution in [1.82, 2.24) is 15.1 Å². The Kier molecular flexibility index (Phi) is 7.59. The zero-order valence-corrected chi connectivity index (χ0v) is 17.0. The number of piperidine rings is 1. The van der Waals surface area contributed by atoms with Crippen molar-refractivity contribution in [1.29, 1.82) is 0 Å². The van der Waals surface area contributed by atoms with Crippen LogP contribution in [0.5, 0.6) is 0 Å². The first-order valence-electron chi connectivity index (χ1n) is 8.73. The van der Waals surface area contributed by atoms with Gasteiger partial charge in [0.05, 0.1) is 16.0 Å². The van der Waals surface area contributed by atoms with Crippen LogP contribution in [0.3, 0.4) is 0 Å². The van der Waals surface area contributed by atoms with E-state index in [1.807, 2.05) is 4.90 Å². The lowest BCUT2D eigenvalue weighted by atomic mass is 9.95. The molecule has 2 unspecified atom stereocenters. The van der Waals surface area contributed by atoms with E-state index in [4.69, 9.17) is 23.2 Å². The molecule has 0 bridgehead atoms. The Morgan fingerprint density at radius 3 is 2.65 bits per heavy atom. The SMILES string of the molecule is CC1CNCCN1C(=O)C1CCCN(C(=O)c2ccc(Cl)c(Cl)c2)C1.Cl. The standard InChI is InChI=1S/C18H23Cl2N3O2.ClH/c1-12-10-21-6-8-23(12)18(25)14-3-2-7-22(11-14)17(24)13-4-5-15(19)16(20)9-13;/h4-5,9,12,14,21H,2-3,6-8,10-11H2,1H3;1H. The highest BCUT2D eigenvalue weighted by atomic mass is 35.5. The van der Waals surface area contributed by atoms with Crippen LogP contribution in [0, 0.1) is 5.92 Å². The van der Waals surface area contributed by atoms with Crippen LogP contribution in [0.2, 0.25) is 10.0 Å². The first kappa shape index (κ1) is 21.3.